The molecule has 4 nitrogen and oxygen atoms in total. The van der Waals surface area contributed by atoms with E-state index in [-0.39, 0.29) is 0 Å². The first-order chi connectivity index (χ1) is 13.7. The summed E-state index contributed by atoms with van der Waals surface area (Å²) < 4.78 is 5.18. The van der Waals surface area contributed by atoms with Gasteiger partial charge in [-0.25, -0.2) is 0 Å². The van der Waals surface area contributed by atoms with Gasteiger partial charge in [0.15, 0.2) is 5.11 Å². The summed E-state index contributed by atoms with van der Waals surface area (Å²) in [5.74, 6) is 0.867. The Kier molecular flexibility index (Phi) is 7.15. The van der Waals surface area contributed by atoms with Crippen LogP contribution in [0.4, 0.5) is 5.69 Å². The van der Waals surface area contributed by atoms with Crippen molar-refractivity contribution in [1.82, 2.24) is 10.3 Å². The number of hydrogen-bond acceptors (Lipinski definition) is 3. The Balaban J connectivity index is 1.49. The molecular weight excluding hydrogens is 366 g/mol. The number of nitrogens with one attached hydrogen (secondary N) is 2. The van der Waals surface area contributed by atoms with Gasteiger partial charge < -0.3 is 15.4 Å². The Hall–Kier alpha value is -3.18. The molecule has 5 heteroatoms. The molecule has 0 fully saturated rings. The first kappa shape index (κ1) is 19.6. The molecule has 142 valence electrons. The second-order valence-corrected chi connectivity index (χ2v) is 6.60. The molecule has 1 aromatic heterocycles. The SMILES string of the molecule is COc1ccc(CCNC(=S)Nc2cccc(/C=C/c3ccccn3)c2)cc1. The van der Waals surface area contributed by atoms with E-state index in [2.05, 4.69) is 33.8 Å². The maximum Gasteiger partial charge on any atom is 0.170 e. The summed E-state index contributed by atoms with van der Waals surface area (Å²) in [7, 11) is 1.67. The van der Waals surface area contributed by atoms with Gasteiger partial charge in [-0.3, -0.25) is 4.98 Å². The lowest BCUT2D eigenvalue weighted by Crippen LogP contribution is -2.30. The molecule has 0 amide bonds. The molecule has 1 heterocycles. The highest BCUT2D eigenvalue weighted by atomic mass is 32.1. The average molecular weight is 390 g/mol. The molecule has 0 aliphatic rings. The van der Waals surface area contributed by atoms with E-state index in [9.17, 15) is 0 Å². The van der Waals surface area contributed by atoms with Crippen molar-refractivity contribution in [2.24, 2.45) is 0 Å². The summed E-state index contributed by atoms with van der Waals surface area (Å²) in [6.45, 7) is 0.761. The van der Waals surface area contributed by atoms with Crippen molar-refractivity contribution in [1.29, 1.82) is 0 Å². The molecule has 28 heavy (non-hydrogen) atoms. The van der Waals surface area contributed by atoms with Crippen molar-refractivity contribution in [2.75, 3.05) is 19.0 Å². The lowest BCUT2D eigenvalue weighted by atomic mass is 10.1. The van der Waals surface area contributed by atoms with Crippen LogP contribution in [0.25, 0.3) is 12.2 Å². The van der Waals surface area contributed by atoms with Crippen LogP contribution in [0.15, 0.2) is 72.9 Å². The van der Waals surface area contributed by atoms with E-state index in [1.54, 1.807) is 13.3 Å². The molecule has 0 aliphatic heterocycles. The number of aromatic nitrogens is 1. The number of thiocarbonyl (C=S) groups is 1. The lowest BCUT2D eigenvalue weighted by Gasteiger charge is -2.11. The van der Waals surface area contributed by atoms with E-state index >= 15 is 0 Å². The number of rotatable bonds is 7. The molecule has 0 saturated heterocycles. The van der Waals surface area contributed by atoms with Gasteiger partial charge in [0.2, 0.25) is 0 Å². The number of ether oxygens (including phenoxy) is 1. The summed E-state index contributed by atoms with van der Waals surface area (Å²) >= 11 is 5.41. The van der Waals surface area contributed by atoms with Crippen LogP contribution < -0.4 is 15.4 Å². The second kappa shape index (κ2) is 10.2. The topological polar surface area (TPSA) is 46.2 Å². The van der Waals surface area contributed by atoms with Crippen LogP contribution in [0.1, 0.15) is 16.8 Å². The fourth-order valence-electron chi connectivity index (χ4n) is 2.66. The van der Waals surface area contributed by atoms with Gasteiger partial charge in [0.05, 0.1) is 12.8 Å². The van der Waals surface area contributed by atoms with Crippen molar-refractivity contribution in [3.8, 4) is 5.75 Å². The maximum atomic E-state index is 5.41. The average Bonchev–Trinajstić information content (AvgIpc) is 2.74. The molecule has 0 atom stereocenters. The van der Waals surface area contributed by atoms with Crippen molar-refractivity contribution in [3.63, 3.8) is 0 Å². The van der Waals surface area contributed by atoms with Gasteiger partial charge in [-0.2, -0.15) is 0 Å². The van der Waals surface area contributed by atoms with Crippen LogP contribution in [0.5, 0.6) is 5.75 Å². The zero-order valence-electron chi connectivity index (χ0n) is 15.8. The number of methoxy groups -OCH3 is 1. The third-order valence-corrected chi connectivity index (χ3v) is 4.38. The predicted octanol–water partition coefficient (Wildman–Crippen LogP) is 4.79. The Morgan fingerprint density at radius 1 is 1.04 bits per heavy atom. The van der Waals surface area contributed by atoms with Gasteiger partial charge in [0.25, 0.3) is 0 Å². The van der Waals surface area contributed by atoms with Crippen molar-refractivity contribution in [3.05, 3.63) is 89.7 Å². The smallest absolute Gasteiger partial charge is 0.170 e. The van der Waals surface area contributed by atoms with Crippen LogP contribution in [0.3, 0.4) is 0 Å². The van der Waals surface area contributed by atoms with Crippen LogP contribution in [0.2, 0.25) is 0 Å². The summed E-state index contributed by atoms with van der Waals surface area (Å²) in [5, 5.41) is 7.09. The highest BCUT2D eigenvalue weighted by molar-refractivity contribution is 7.80. The van der Waals surface area contributed by atoms with Gasteiger partial charge in [-0.15, -0.1) is 0 Å². The Morgan fingerprint density at radius 2 is 1.89 bits per heavy atom. The van der Waals surface area contributed by atoms with E-state index in [0.29, 0.717) is 5.11 Å². The monoisotopic (exact) mass is 389 g/mol. The third kappa shape index (κ3) is 6.21. The molecule has 0 spiro atoms. The Morgan fingerprint density at radius 3 is 2.64 bits per heavy atom. The fourth-order valence-corrected chi connectivity index (χ4v) is 2.88. The number of anilines is 1. The largest absolute Gasteiger partial charge is 0.497 e. The molecule has 0 bridgehead atoms. The van der Waals surface area contributed by atoms with E-state index in [4.69, 9.17) is 17.0 Å². The minimum atomic E-state index is 0.611. The van der Waals surface area contributed by atoms with Gasteiger partial charge in [-0.05, 0) is 72.2 Å². The number of nitrogens with zero attached hydrogens (tertiary/aromatic N) is 1. The molecule has 0 saturated carbocycles. The maximum absolute atomic E-state index is 5.41. The van der Waals surface area contributed by atoms with Crippen LogP contribution in [-0.2, 0) is 6.42 Å². The Labute approximate surface area is 171 Å². The minimum absolute atomic E-state index is 0.611. The van der Waals surface area contributed by atoms with Crippen LogP contribution in [-0.4, -0.2) is 23.8 Å². The molecule has 3 aromatic rings. The number of benzene rings is 2. The zero-order chi connectivity index (χ0) is 19.6. The molecule has 3 rings (SSSR count). The number of hydrogen-bond donors (Lipinski definition) is 2. The van der Waals surface area contributed by atoms with Crippen LogP contribution >= 0.6 is 12.2 Å². The minimum Gasteiger partial charge on any atom is -0.497 e. The molecule has 2 aromatic carbocycles. The standard InChI is InChI=1S/C23H23N3OS/c1-27-22-12-9-18(10-13-22)14-16-25-23(28)26-21-7-4-5-19(17-21)8-11-20-6-2-3-15-24-20/h2-13,15,17H,14,16H2,1H3,(H2,25,26,28)/b11-8+. The zero-order valence-corrected chi connectivity index (χ0v) is 16.6. The quantitative estimate of drug-likeness (QED) is 0.569. The molecule has 0 unspecified atom stereocenters. The lowest BCUT2D eigenvalue weighted by molar-refractivity contribution is 0.414. The van der Waals surface area contributed by atoms with Crippen molar-refractivity contribution in [2.45, 2.75) is 6.42 Å². The summed E-state index contributed by atoms with van der Waals surface area (Å²) in [6.07, 6.45) is 6.70. The first-order valence-corrected chi connectivity index (χ1v) is 9.51. The molecular formula is C23H23N3OS. The van der Waals surface area contributed by atoms with E-state index in [0.717, 1.165) is 35.7 Å². The molecule has 0 radical (unpaired) electrons. The highest BCUT2D eigenvalue weighted by Crippen LogP contribution is 2.14. The van der Waals surface area contributed by atoms with Gasteiger partial charge >= 0.3 is 0 Å². The summed E-state index contributed by atoms with van der Waals surface area (Å²) in [4.78, 5) is 4.29. The predicted molar refractivity (Wildman–Crippen MR) is 121 cm³/mol. The van der Waals surface area contributed by atoms with E-state index in [1.807, 2.05) is 60.7 Å². The fraction of sp³-hybridized carbons (Fsp3) is 0.130. The van der Waals surface area contributed by atoms with Crippen molar-refractivity contribution < 1.29 is 4.74 Å². The Bertz CT molecular complexity index is 924. The van der Waals surface area contributed by atoms with Gasteiger partial charge in [0, 0.05) is 18.4 Å². The van der Waals surface area contributed by atoms with E-state index in [1.165, 1.54) is 5.56 Å². The summed E-state index contributed by atoms with van der Waals surface area (Å²) in [6, 6.07) is 22.0. The molecule has 2 N–H and O–H groups in total. The molecule has 0 aliphatic carbocycles. The third-order valence-electron chi connectivity index (χ3n) is 4.14. The van der Waals surface area contributed by atoms with Crippen LogP contribution in [0, 0.1) is 0 Å². The van der Waals surface area contributed by atoms with Gasteiger partial charge in [-0.1, -0.05) is 36.4 Å². The normalized spacial score (nSPS) is 10.6. The second-order valence-electron chi connectivity index (χ2n) is 6.19. The summed E-state index contributed by atoms with van der Waals surface area (Å²) in [5.41, 5.74) is 4.19. The highest BCUT2D eigenvalue weighted by Gasteiger charge is 2.00. The van der Waals surface area contributed by atoms with Crippen molar-refractivity contribution >= 4 is 35.2 Å². The van der Waals surface area contributed by atoms with Gasteiger partial charge in [0.1, 0.15) is 5.75 Å². The first-order valence-electron chi connectivity index (χ1n) is 9.10. The van der Waals surface area contributed by atoms with E-state index < -0.39 is 0 Å². The number of pyridine rings is 1.